The molecule has 1 fully saturated rings. The van der Waals surface area contributed by atoms with E-state index in [1.165, 1.54) is 0 Å². The number of halogens is 2. The lowest BCUT2D eigenvalue weighted by Gasteiger charge is -2.30. The van der Waals surface area contributed by atoms with Gasteiger partial charge < -0.3 is 19.3 Å². The number of hydrogen-bond donors (Lipinski definition) is 1. The maximum atomic E-state index is 6.27. The van der Waals surface area contributed by atoms with Crippen LogP contribution in [0.3, 0.4) is 0 Å². The Morgan fingerprint density at radius 1 is 1.32 bits per heavy atom. The molecule has 1 aromatic heterocycles. The number of likely N-dealkylation sites (N-methyl/N-ethyl adjacent to an activating group) is 1. The first-order chi connectivity index (χ1) is 11.7. The van der Waals surface area contributed by atoms with Crippen LogP contribution in [-0.2, 0) is 6.42 Å². The molecular formula is C16H20Cl2N4O3. The van der Waals surface area contributed by atoms with Gasteiger partial charge in [-0.25, -0.2) is 0 Å². The Morgan fingerprint density at radius 3 is 3.00 bits per heavy atom. The molecule has 1 N–H and O–H groups in total. The maximum Gasteiger partial charge on any atom is 0.231 e. The van der Waals surface area contributed by atoms with Crippen LogP contribution in [0.15, 0.2) is 16.7 Å². The lowest BCUT2D eigenvalue weighted by atomic mass is 10.1. The highest BCUT2D eigenvalue weighted by Gasteiger charge is 2.25. The summed E-state index contributed by atoms with van der Waals surface area (Å²) in [4.78, 5) is 6.78. The third-order valence-electron chi connectivity index (χ3n) is 4.30. The fourth-order valence-electron chi connectivity index (χ4n) is 3.01. The summed E-state index contributed by atoms with van der Waals surface area (Å²) in [5, 5.41) is 8.03. The van der Waals surface area contributed by atoms with Crippen LogP contribution in [0.1, 0.15) is 23.3 Å². The van der Waals surface area contributed by atoms with Crippen LogP contribution >= 0.6 is 24.0 Å². The molecule has 7 nitrogen and oxygen atoms in total. The van der Waals surface area contributed by atoms with Gasteiger partial charge in [-0.05, 0) is 24.7 Å². The summed E-state index contributed by atoms with van der Waals surface area (Å²) < 4.78 is 16.6. The Kier molecular flexibility index (Phi) is 5.68. The molecule has 25 heavy (non-hydrogen) atoms. The van der Waals surface area contributed by atoms with E-state index >= 15 is 0 Å². The quantitative estimate of drug-likeness (QED) is 0.865. The van der Waals surface area contributed by atoms with Crippen LogP contribution in [-0.4, -0.2) is 54.9 Å². The summed E-state index contributed by atoms with van der Waals surface area (Å²) in [5.74, 6) is 2.55. The predicted molar refractivity (Wildman–Crippen MR) is 95.0 cm³/mol. The monoisotopic (exact) mass is 386 g/mol. The summed E-state index contributed by atoms with van der Waals surface area (Å²) in [7, 11) is 2.07. The van der Waals surface area contributed by atoms with Crippen molar-refractivity contribution < 1.29 is 14.0 Å². The molecule has 0 saturated carbocycles. The Labute approximate surface area is 157 Å². The van der Waals surface area contributed by atoms with Crippen molar-refractivity contribution in [2.24, 2.45) is 0 Å². The van der Waals surface area contributed by atoms with Gasteiger partial charge in [0.2, 0.25) is 5.89 Å². The zero-order chi connectivity index (χ0) is 16.5. The van der Waals surface area contributed by atoms with Gasteiger partial charge in [0, 0.05) is 19.6 Å². The smallest absolute Gasteiger partial charge is 0.231 e. The van der Waals surface area contributed by atoms with Crippen LogP contribution in [0.2, 0.25) is 5.02 Å². The highest BCUT2D eigenvalue weighted by Crippen LogP contribution is 2.38. The molecule has 9 heteroatoms. The molecule has 2 aromatic rings. The number of nitrogens with zero attached hydrogens (tertiary/aromatic N) is 3. The normalized spacial score (nSPS) is 20.2. The highest BCUT2D eigenvalue weighted by atomic mass is 35.5. The van der Waals surface area contributed by atoms with E-state index in [2.05, 4.69) is 27.4 Å². The van der Waals surface area contributed by atoms with Gasteiger partial charge in [-0.15, -0.1) is 12.4 Å². The summed E-state index contributed by atoms with van der Waals surface area (Å²) in [6.07, 6.45) is 0.507. The largest absolute Gasteiger partial charge is 0.486 e. The number of rotatable bonds is 3. The van der Waals surface area contributed by atoms with E-state index in [4.69, 9.17) is 25.6 Å². The minimum atomic E-state index is 0. The summed E-state index contributed by atoms with van der Waals surface area (Å²) >= 11 is 6.27. The van der Waals surface area contributed by atoms with Crippen molar-refractivity contribution in [3.05, 3.63) is 34.4 Å². The van der Waals surface area contributed by atoms with Crippen molar-refractivity contribution in [3.8, 4) is 11.5 Å². The second-order valence-electron chi connectivity index (χ2n) is 6.03. The van der Waals surface area contributed by atoms with Crippen molar-refractivity contribution in [2.75, 3.05) is 39.9 Å². The Bertz CT molecular complexity index is 740. The van der Waals surface area contributed by atoms with Crippen LogP contribution in [0, 0.1) is 0 Å². The maximum absolute atomic E-state index is 6.27. The van der Waals surface area contributed by atoms with E-state index in [1.54, 1.807) is 0 Å². The van der Waals surface area contributed by atoms with E-state index < -0.39 is 0 Å². The number of aromatic nitrogens is 2. The van der Waals surface area contributed by atoms with E-state index in [-0.39, 0.29) is 18.4 Å². The number of hydrogen-bond acceptors (Lipinski definition) is 7. The first kappa shape index (κ1) is 18.3. The van der Waals surface area contributed by atoms with Gasteiger partial charge in [0.05, 0.1) is 17.5 Å². The molecule has 3 heterocycles. The predicted octanol–water partition coefficient (Wildman–Crippen LogP) is 2.08. The van der Waals surface area contributed by atoms with Gasteiger partial charge >= 0.3 is 0 Å². The fraction of sp³-hybridized carbons (Fsp3) is 0.500. The van der Waals surface area contributed by atoms with E-state index in [0.29, 0.717) is 47.9 Å². The topological polar surface area (TPSA) is 72.7 Å². The number of piperazine rings is 1. The SMILES string of the molecule is CN1CCNCC1c1noc(Cc2cc(Cl)c3c(c2)OCCO3)n1.Cl. The lowest BCUT2D eigenvalue weighted by molar-refractivity contribution is 0.171. The van der Waals surface area contributed by atoms with E-state index in [9.17, 15) is 0 Å². The lowest BCUT2D eigenvalue weighted by Crippen LogP contribution is -2.44. The average Bonchev–Trinajstić information content (AvgIpc) is 3.03. The van der Waals surface area contributed by atoms with Gasteiger partial charge in [-0.1, -0.05) is 16.8 Å². The zero-order valence-corrected chi connectivity index (χ0v) is 15.4. The Hall–Kier alpha value is -1.54. The molecule has 136 valence electrons. The molecule has 2 aliphatic heterocycles. The molecule has 1 saturated heterocycles. The van der Waals surface area contributed by atoms with Crippen LogP contribution in [0.25, 0.3) is 0 Å². The molecule has 0 amide bonds. The summed E-state index contributed by atoms with van der Waals surface area (Å²) in [6, 6.07) is 3.91. The second-order valence-corrected chi connectivity index (χ2v) is 6.43. The molecule has 0 aliphatic carbocycles. The van der Waals surface area contributed by atoms with Gasteiger partial charge in [0.15, 0.2) is 17.3 Å². The Morgan fingerprint density at radius 2 is 2.16 bits per heavy atom. The summed E-state index contributed by atoms with van der Waals surface area (Å²) in [5.41, 5.74) is 0.953. The molecule has 0 spiro atoms. The number of ether oxygens (including phenoxy) is 2. The number of benzene rings is 1. The van der Waals surface area contributed by atoms with Gasteiger partial charge in [-0.3, -0.25) is 4.90 Å². The molecule has 1 atom stereocenters. The Balaban J connectivity index is 0.00000182. The van der Waals surface area contributed by atoms with Gasteiger partial charge in [0.1, 0.15) is 13.2 Å². The number of fused-ring (bicyclic) bond motifs is 1. The molecule has 0 bridgehead atoms. The van der Waals surface area contributed by atoms with Crippen LogP contribution in [0.4, 0.5) is 0 Å². The highest BCUT2D eigenvalue weighted by molar-refractivity contribution is 6.32. The standard InChI is InChI=1S/C16H19ClN4O3.ClH/c1-21-3-2-18-9-12(21)16-19-14(24-20-16)8-10-6-11(17)15-13(7-10)22-4-5-23-15;/h6-7,12,18H,2-5,8-9H2,1H3;1H. The third kappa shape index (κ3) is 3.84. The van der Waals surface area contributed by atoms with Crippen molar-refractivity contribution in [2.45, 2.75) is 12.5 Å². The molecule has 1 aromatic carbocycles. The molecule has 2 aliphatic rings. The van der Waals surface area contributed by atoms with Crippen LogP contribution in [0.5, 0.6) is 11.5 Å². The van der Waals surface area contributed by atoms with Crippen molar-refractivity contribution in [3.63, 3.8) is 0 Å². The fourth-order valence-corrected chi connectivity index (χ4v) is 3.30. The first-order valence-corrected chi connectivity index (χ1v) is 8.40. The average molecular weight is 387 g/mol. The molecule has 0 radical (unpaired) electrons. The van der Waals surface area contributed by atoms with E-state index in [1.807, 2.05) is 12.1 Å². The van der Waals surface area contributed by atoms with Gasteiger partial charge in [-0.2, -0.15) is 4.98 Å². The third-order valence-corrected chi connectivity index (χ3v) is 4.59. The van der Waals surface area contributed by atoms with E-state index in [0.717, 1.165) is 25.2 Å². The zero-order valence-electron chi connectivity index (χ0n) is 13.8. The number of nitrogens with one attached hydrogen (secondary N) is 1. The summed E-state index contributed by atoms with van der Waals surface area (Å²) in [6.45, 7) is 3.81. The first-order valence-electron chi connectivity index (χ1n) is 8.02. The van der Waals surface area contributed by atoms with Gasteiger partial charge in [0.25, 0.3) is 0 Å². The molecule has 1 unspecified atom stereocenters. The van der Waals surface area contributed by atoms with Crippen LogP contribution < -0.4 is 14.8 Å². The minimum absolute atomic E-state index is 0. The molecular weight excluding hydrogens is 367 g/mol. The molecule has 4 rings (SSSR count). The van der Waals surface area contributed by atoms with Crippen molar-refractivity contribution in [1.82, 2.24) is 20.4 Å². The van der Waals surface area contributed by atoms with Crippen molar-refractivity contribution >= 4 is 24.0 Å². The minimum Gasteiger partial charge on any atom is -0.486 e. The van der Waals surface area contributed by atoms with Crippen molar-refractivity contribution in [1.29, 1.82) is 0 Å². The second kappa shape index (κ2) is 7.78.